The summed E-state index contributed by atoms with van der Waals surface area (Å²) in [6.45, 7) is 1.40. The minimum Gasteiger partial charge on any atom is -0.484 e. The zero-order valence-electron chi connectivity index (χ0n) is 15.9. The third kappa shape index (κ3) is 4.54. The molecule has 1 atom stereocenters. The van der Waals surface area contributed by atoms with Gasteiger partial charge in [0.05, 0.1) is 34.9 Å². The molecular formula is C20H18FN3O6. The summed E-state index contributed by atoms with van der Waals surface area (Å²) in [5, 5.41) is 15.9. The van der Waals surface area contributed by atoms with Crippen LogP contribution in [-0.2, 0) is 9.53 Å². The zero-order chi connectivity index (χ0) is 21.7. The fourth-order valence-corrected chi connectivity index (χ4v) is 2.95. The normalized spacial score (nSPS) is 15.8. The van der Waals surface area contributed by atoms with E-state index in [1.165, 1.54) is 0 Å². The second kappa shape index (κ2) is 9.03. The molecule has 2 N–H and O–H groups in total. The summed E-state index contributed by atoms with van der Waals surface area (Å²) in [6, 6.07) is 10.4. The Morgan fingerprint density at radius 1 is 1.23 bits per heavy atom. The third-order valence-electron chi connectivity index (χ3n) is 4.28. The molecule has 1 aliphatic rings. The quantitative estimate of drug-likeness (QED) is 0.408. The number of nitro benzene ring substituents is 1. The first kappa shape index (κ1) is 20.8. The highest BCUT2D eigenvalue weighted by Crippen LogP contribution is 2.29. The summed E-state index contributed by atoms with van der Waals surface area (Å²) in [6.07, 6.45) is 0. The molecule has 0 saturated heterocycles. The maximum absolute atomic E-state index is 14.1. The molecule has 156 valence electrons. The number of nitrogens with zero attached hydrogens (tertiary/aromatic N) is 1. The van der Waals surface area contributed by atoms with E-state index >= 15 is 0 Å². The second-order valence-corrected chi connectivity index (χ2v) is 6.22. The summed E-state index contributed by atoms with van der Waals surface area (Å²) in [4.78, 5) is 34.8. The van der Waals surface area contributed by atoms with Gasteiger partial charge in [0.2, 0.25) is 0 Å². The number of rotatable bonds is 7. The number of esters is 1. The highest BCUT2D eigenvalue weighted by molar-refractivity contribution is 5.95. The van der Waals surface area contributed by atoms with Gasteiger partial charge >= 0.3 is 12.0 Å². The molecule has 1 heterocycles. The Balaban J connectivity index is 1.94. The van der Waals surface area contributed by atoms with Crippen molar-refractivity contribution in [3.8, 4) is 5.75 Å². The van der Waals surface area contributed by atoms with E-state index < -0.39 is 34.5 Å². The molecule has 2 amide bonds. The largest absolute Gasteiger partial charge is 0.484 e. The summed E-state index contributed by atoms with van der Waals surface area (Å²) in [5.74, 6) is -1.87. The molecule has 9 nitrogen and oxygen atoms in total. The topological polar surface area (TPSA) is 120 Å². The van der Waals surface area contributed by atoms with Crippen molar-refractivity contribution in [2.24, 2.45) is 0 Å². The number of nitro groups is 1. The van der Waals surface area contributed by atoms with Crippen molar-refractivity contribution in [3.05, 3.63) is 81.3 Å². The predicted octanol–water partition coefficient (Wildman–Crippen LogP) is 2.98. The first-order valence-corrected chi connectivity index (χ1v) is 9.00. The molecule has 1 unspecified atom stereocenters. The number of carbonyl (C=O) groups excluding carboxylic acids is 2. The number of benzene rings is 2. The molecule has 0 saturated carbocycles. The lowest BCUT2D eigenvalue weighted by molar-refractivity contribution is -0.385. The third-order valence-corrected chi connectivity index (χ3v) is 4.28. The van der Waals surface area contributed by atoms with E-state index in [4.69, 9.17) is 9.47 Å². The predicted molar refractivity (Wildman–Crippen MR) is 103 cm³/mol. The first-order valence-electron chi connectivity index (χ1n) is 9.00. The Morgan fingerprint density at radius 2 is 1.97 bits per heavy atom. The monoisotopic (exact) mass is 415 g/mol. The van der Waals surface area contributed by atoms with E-state index in [2.05, 4.69) is 10.6 Å². The van der Waals surface area contributed by atoms with Gasteiger partial charge in [-0.3, -0.25) is 10.1 Å². The van der Waals surface area contributed by atoms with Crippen LogP contribution in [0.25, 0.3) is 0 Å². The van der Waals surface area contributed by atoms with Crippen LogP contribution in [0.15, 0.2) is 59.8 Å². The SMILES string of the molecule is CCOC(=O)C1=C(COc2ccc([N+](=O)[O-])cc2F)NC(=O)NC1c1ccccc1. The average molecular weight is 415 g/mol. The van der Waals surface area contributed by atoms with Gasteiger partial charge in [0.1, 0.15) is 6.61 Å². The number of hydrogen-bond donors (Lipinski definition) is 2. The van der Waals surface area contributed by atoms with Gasteiger partial charge in [0.15, 0.2) is 11.6 Å². The Labute approximate surface area is 170 Å². The van der Waals surface area contributed by atoms with Crippen molar-refractivity contribution in [1.82, 2.24) is 10.6 Å². The van der Waals surface area contributed by atoms with E-state index in [0.717, 1.165) is 18.2 Å². The van der Waals surface area contributed by atoms with E-state index in [9.17, 15) is 24.1 Å². The van der Waals surface area contributed by atoms with Crippen LogP contribution in [0, 0.1) is 15.9 Å². The summed E-state index contributed by atoms with van der Waals surface area (Å²) < 4.78 is 24.6. The number of ether oxygens (including phenoxy) is 2. The molecule has 2 aromatic carbocycles. The van der Waals surface area contributed by atoms with Gasteiger partial charge in [0, 0.05) is 6.07 Å². The summed E-state index contributed by atoms with van der Waals surface area (Å²) in [5.41, 5.74) is 0.439. The van der Waals surface area contributed by atoms with Crippen molar-refractivity contribution in [2.75, 3.05) is 13.2 Å². The maximum atomic E-state index is 14.1. The minimum atomic E-state index is -0.942. The maximum Gasteiger partial charge on any atom is 0.338 e. The molecule has 30 heavy (non-hydrogen) atoms. The molecule has 0 aromatic heterocycles. The molecular weight excluding hydrogens is 397 g/mol. The average Bonchev–Trinajstić information content (AvgIpc) is 2.73. The molecule has 0 radical (unpaired) electrons. The summed E-state index contributed by atoms with van der Waals surface area (Å²) in [7, 11) is 0. The van der Waals surface area contributed by atoms with Crippen molar-refractivity contribution in [1.29, 1.82) is 0 Å². The zero-order valence-corrected chi connectivity index (χ0v) is 15.9. The lowest BCUT2D eigenvalue weighted by Gasteiger charge is -2.29. The van der Waals surface area contributed by atoms with Crippen molar-refractivity contribution < 1.29 is 28.4 Å². The van der Waals surface area contributed by atoms with Gasteiger partial charge in [-0.1, -0.05) is 30.3 Å². The molecule has 10 heteroatoms. The standard InChI is InChI=1S/C20H18FN3O6/c1-2-29-19(25)17-15(11-30-16-9-8-13(24(27)28)10-14(16)21)22-20(26)23-18(17)12-6-4-3-5-7-12/h3-10,18H,2,11H2,1H3,(H2,22,23,26). The molecule has 2 aromatic rings. The lowest BCUT2D eigenvalue weighted by atomic mass is 9.95. The van der Waals surface area contributed by atoms with Gasteiger partial charge < -0.3 is 20.1 Å². The fraction of sp³-hybridized carbons (Fsp3) is 0.200. The molecule has 0 spiro atoms. The molecule has 0 aliphatic carbocycles. The Kier molecular flexibility index (Phi) is 6.26. The smallest absolute Gasteiger partial charge is 0.338 e. The number of halogens is 1. The van der Waals surface area contributed by atoms with Gasteiger partial charge in [-0.15, -0.1) is 0 Å². The summed E-state index contributed by atoms with van der Waals surface area (Å²) >= 11 is 0. The van der Waals surface area contributed by atoms with Gasteiger partial charge in [0.25, 0.3) is 5.69 Å². The molecule has 1 aliphatic heterocycles. The van der Waals surface area contributed by atoms with Gasteiger partial charge in [-0.05, 0) is 18.6 Å². The van der Waals surface area contributed by atoms with Crippen LogP contribution in [0.2, 0.25) is 0 Å². The van der Waals surface area contributed by atoms with Crippen LogP contribution < -0.4 is 15.4 Å². The van der Waals surface area contributed by atoms with Crippen LogP contribution in [0.3, 0.4) is 0 Å². The Morgan fingerprint density at radius 3 is 2.60 bits per heavy atom. The van der Waals surface area contributed by atoms with Crippen molar-refractivity contribution in [2.45, 2.75) is 13.0 Å². The second-order valence-electron chi connectivity index (χ2n) is 6.22. The molecule has 3 rings (SSSR count). The molecule has 0 fully saturated rings. The number of hydrogen-bond acceptors (Lipinski definition) is 6. The lowest BCUT2D eigenvalue weighted by Crippen LogP contribution is -2.47. The van der Waals surface area contributed by atoms with E-state index in [-0.39, 0.29) is 30.2 Å². The highest BCUT2D eigenvalue weighted by Gasteiger charge is 2.34. The molecule has 0 bridgehead atoms. The van der Waals surface area contributed by atoms with E-state index in [1.807, 2.05) is 0 Å². The Hall–Kier alpha value is -3.95. The van der Waals surface area contributed by atoms with Crippen LogP contribution in [0.5, 0.6) is 5.75 Å². The number of non-ortho nitro benzene ring substituents is 1. The van der Waals surface area contributed by atoms with E-state index in [1.54, 1.807) is 37.3 Å². The highest BCUT2D eigenvalue weighted by atomic mass is 19.1. The van der Waals surface area contributed by atoms with Crippen LogP contribution >= 0.6 is 0 Å². The van der Waals surface area contributed by atoms with E-state index in [0.29, 0.717) is 5.56 Å². The van der Waals surface area contributed by atoms with Crippen molar-refractivity contribution >= 4 is 17.7 Å². The first-order chi connectivity index (χ1) is 14.4. The number of nitrogens with one attached hydrogen (secondary N) is 2. The van der Waals surface area contributed by atoms with Crippen LogP contribution in [0.1, 0.15) is 18.5 Å². The van der Waals surface area contributed by atoms with Crippen LogP contribution in [0.4, 0.5) is 14.9 Å². The number of urea groups is 1. The van der Waals surface area contributed by atoms with Gasteiger partial charge in [-0.25, -0.2) is 14.0 Å². The Bertz CT molecular complexity index is 1010. The van der Waals surface area contributed by atoms with Crippen LogP contribution in [-0.4, -0.2) is 30.1 Å². The van der Waals surface area contributed by atoms with Crippen molar-refractivity contribution in [3.63, 3.8) is 0 Å². The van der Waals surface area contributed by atoms with Gasteiger partial charge in [-0.2, -0.15) is 0 Å². The number of amides is 2. The minimum absolute atomic E-state index is 0.101. The number of carbonyl (C=O) groups is 2. The fourth-order valence-electron chi connectivity index (χ4n) is 2.95.